The number of carbonyl (C=O) groups excluding carboxylic acids is 1. The molecule has 0 radical (unpaired) electrons. The Morgan fingerprint density at radius 1 is 1.36 bits per heavy atom. The fraction of sp³-hybridized carbons (Fsp3) is 0.500. The Kier molecular flexibility index (Phi) is 5.45. The molecule has 1 aliphatic heterocycles. The largest absolute Gasteiger partial charge is 0.371 e. The molecule has 0 spiro atoms. The van der Waals surface area contributed by atoms with Crippen LogP contribution in [0.5, 0.6) is 0 Å². The highest BCUT2D eigenvalue weighted by Gasteiger charge is 2.29. The van der Waals surface area contributed by atoms with E-state index >= 15 is 0 Å². The summed E-state index contributed by atoms with van der Waals surface area (Å²) in [6.07, 6.45) is 3.67. The minimum Gasteiger partial charge on any atom is -0.371 e. The molecule has 1 amide bonds. The van der Waals surface area contributed by atoms with Gasteiger partial charge in [0.05, 0.1) is 24.3 Å². The van der Waals surface area contributed by atoms with Gasteiger partial charge in [-0.1, -0.05) is 6.07 Å². The van der Waals surface area contributed by atoms with E-state index in [-0.39, 0.29) is 18.4 Å². The second kappa shape index (κ2) is 7.76. The van der Waals surface area contributed by atoms with Crippen LogP contribution in [0.3, 0.4) is 0 Å². The average Bonchev–Trinajstić information content (AvgIpc) is 2.96. The monoisotopic (exact) mass is 343 g/mol. The van der Waals surface area contributed by atoms with Gasteiger partial charge in [-0.3, -0.25) is 14.7 Å². The molecule has 0 fully saturated rings. The van der Waals surface area contributed by atoms with E-state index in [2.05, 4.69) is 19.4 Å². The van der Waals surface area contributed by atoms with Crippen LogP contribution < -0.4 is 0 Å². The predicted molar refractivity (Wildman–Crippen MR) is 93.8 cm³/mol. The van der Waals surface area contributed by atoms with Crippen molar-refractivity contribution in [3.8, 4) is 0 Å². The molecule has 7 heteroatoms. The number of fused-ring (bicyclic) bond motifs is 1. The van der Waals surface area contributed by atoms with Gasteiger partial charge < -0.3 is 14.2 Å². The van der Waals surface area contributed by atoms with Crippen LogP contribution in [0.4, 0.5) is 0 Å². The van der Waals surface area contributed by atoms with Crippen molar-refractivity contribution in [1.29, 1.82) is 0 Å². The van der Waals surface area contributed by atoms with Gasteiger partial charge in [0.15, 0.2) is 0 Å². The Bertz CT molecular complexity index is 714. The first-order valence-corrected chi connectivity index (χ1v) is 8.45. The molecule has 0 aromatic carbocycles. The summed E-state index contributed by atoms with van der Waals surface area (Å²) in [7, 11) is 5.48. The summed E-state index contributed by atoms with van der Waals surface area (Å²) in [6.45, 7) is 3.06. The quantitative estimate of drug-likeness (QED) is 0.784. The van der Waals surface area contributed by atoms with Gasteiger partial charge in [0.2, 0.25) is 5.91 Å². The molecule has 3 rings (SSSR count). The van der Waals surface area contributed by atoms with Crippen LogP contribution >= 0.6 is 0 Å². The van der Waals surface area contributed by atoms with E-state index in [1.54, 1.807) is 19.0 Å². The van der Waals surface area contributed by atoms with Crippen LogP contribution in [0.15, 0.2) is 30.7 Å². The second-order valence-corrected chi connectivity index (χ2v) is 6.68. The molecule has 0 bridgehead atoms. The summed E-state index contributed by atoms with van der Waals surface area (Å²) in [5.41, 5.74) is 3.33. The number of carbonyl (C=O) groups is 1. The molecular formula is C18H25N5O2. The number of nitrogens with zero attached hydrogens (tertiary/aromatic N) is 5. The topological polar surface area (TPSA) is 63.5 Å². The zero-order valence-corrected chi connectivity index (χ0v) is 15.1. The Hall–Kier alpha value is -2.25. The van der Waals surface area contributed by atoms with E-state index in [9.17, 15) is 4.79 Å². The Morgan fingerprint density at radius 2 is 2.20 bits per heavy atom. The normalized spacial score (nSPS) is 17.3. The number of amides is 1. The molecule has 0 unspecified atom stereocenters. The van der Waals surface area contributed by atoms with Crippen LogP contribution in [0, 0.1) is 0 Å². The van der Waals surface area contributed by atoms with E-state index in [0.29, 0.717) is 6.61 Å². The van der Waals surface area contributed by atoms with E-state index in [0.717, 1.165) is 31.0 Å². The van der Waals surface area contributed by atoms with Crippen LogP contribution in [-0.2, 0) is 29.7 Å². The number of aryl methyl sites for hydroxylation is 1. The molecular weight excluding hydrogens is 318 g/mol. The van der Waals surface area contributed by atoms with Crippen LogP contribution in [-0.4, -0.2) is 64.1 Å². The lowest BCUT2D eigenvalue weighted by Crippen LogP contribution is -2.36. The van der Waals surface area contributed by atoms with Gasteiger partial charge in [-0.15, -0.1) is 0 Å². The van der Waals surface area contributed by atoms with Gasteiger partial charge in [-0.05, 0) is 12.1 Å². The smallest absolute Gasteiger partial charge is 0.248 e. The number of hydrogen-bond donors (Lipinski definition) is 0. The first kappa shape index (κ1) is 17.6. The zero-order valence-electron chi connectivity index (χ0n) is 15.1. The summed E-state index contributed by atoms with van der Waals surface area (Å²) in [5.74, 6) is 0.168. The van der Waals surface area contributed by atoms with Crippen LogP contribution in [0.2, 0.25) is 0 Å². The molecule has 134 valence electrons. The van der Waals surface area contributed by atoms with E-state index in [1.807, 2.05) is 37.8 Å². The highest BCUT2D eigenvalue weighted by Crippen LogP contribution is 2.28. The first-order chi connectivity index (χ1) is 12.0. The number of hydrogen-bond acceptors (Lipinski definition) is 5. The number of likely N-dealkylation sites (N-methyl/N-ethyl adjacent to an activating group) is 1. The third-order valence-corrected chi connectivity index (χ3v) is 4.46. The molecule has 0 N–H and O–H groups in total. The minimum absolute atomic E-state index is 0.0219. The van der Waals surface area contributed by atoms with E-state index < -0.39 is 0 Å². The van der Waals surface area contributed by atoms with Gasteiger partial charge in [0.1, 0.15) is 6.61 Å². The third kappa shape index (κ3) is 4.24. The molecule has 2 aromatic heterocycles. The second-order valence-electron chi connectivity index (χ2n) is 6.68. The Labute approximate surface area is 148 Å². The maximum Gasteiger partial charge on any atom is 0.248 e. The lowest BCUT2D eigenvalue weighted by molar-refractivity contribution is -0.133. The van der Waals surface area contributed by atoms with Crippen LogP contribution in [0.25, 0.3) is 0 Å². The molecule has 7 nitrogen and oxygen atoms in total. The Morgan fingerprint density at radius 3 is 2.92 bits per heavy atom. The highest BCUT2D eigenvalue weighted by molar-refractivity contribution is 5.76. The summed E-state index contributed by atoms with van der Waals surface area (Å²) in [5, 5.41) is 0. The number of ether oxygens (including phenoxy) is 1. The van der Waals surface area contributed by atoms with Gasteiger partial charge in [-0.25, -0.2) is 4.98 Å². The van der Waals surface area contributed by atoms with Crippen molar-refractivity contribution in [2.45, 2.75) is 19.0 Å². The fourth-order valence-corrected chi connectivity index (χ4v) is 3.20. The zero-order chi connectivity index (χ0) is 17.8. The fourth-order valence-electron chi connectivity index (χ4n) is 3.20. The molecule has 25 heavy (non-hydrogen) atoms. The summed E-state index contributed by atoms with van der Waals surface area (Å²) >= 11 is 0. The van der Waals surface area contributed by atoms with Crippen LogP contribution in [0.1, 0.15) is 23.0 Å². The van der Waals surface area contributed by atoms with E-state index in [1.165, 1.54) is 5.69 Å². The molecule has 0 aliphatic carbocycles. The molecule has 1 atom stereocenters. The molecule has 1 aliphatic rings. The van der Waals surface area contributed by atoms with Crippen molar-refractivity contribution in [2.75, 3.05) is 33.9 Å². The maximum absolute atomic E-state index is 11.7. The standard InChI is InChI=1S/C18H25N5O2/c1-21(2)17(24)12-25-11-14-8-23(9-15-6-4-5-7-19-15)10-16-18(14)22(3)13-20-16/h4-7,13-14H,8-12H2,1-3H3/t14-/m0/s1. The van der Waals surface area contributed by atoms with Crippen molar-refractivity contribution in [1.82, 2.24) is 24.3 Å². The number of imidazole rings is 1. The van der Waals surface area contributed by atoms with Gasteiger partial charge in [-0.2, -0.15) is 0 Å². The number of aromatic nitrogens is 3. The van der Waals surface area contributed by atoms with Crippen molar-refractivity contribution >= 4 is 5.91 Å². The lowest BCUT2D eigenvalue weighted by Gasteiger charge is -2.32. The van der Waals surface area contributed by atoms with Gasteiger partial charge in [0.25, 0.3) is 0 Å². The first-order valence-electron chi connectivity index (χ1n) is 8.45. The summed E-state index contributed by atoms with van der Waals surface area (Å²) < 4.78 is 7.77. The molecule has 2 aromatic rings. The number of rotatable bonds is 6. The van der Waals surface area contributed by atoms with Crippen molar-refractivity contribution in [3.05, 3.63) is 47.8 Å². The maximum atomic E-state index is 11.7. The van der Waals surface area contributed by atoms with E-state index in [4.69, 9.17) is 4.74 Å². The van der Waals surface area contributed by atoms with Gasteiger partial charge >= 0.3 is 0 Å². The van der Waals surface area contributed by atoms with Crippen molar-refractivity contribution in [2.24, 2.45) is 7.05 Å². The summed E-state index contributed by atoms with van der Waals surface area (Å²) in [4.78, 5) is 24.6. The third-order valence-electron chi connectivity index (χ3n) is 4.46. The Balaban J connectivity index is 1.67. The highest BCUT2D eigenvalue weighted by atomic mass is 16.5. The molecule has 3 heterocycles. The van der Waals surface area contributed by atoms with Crippen molar-refractivity contribution in [3.63, 3.8) is 0 Å². The van der Waals surface area contributed by atoms with Crippen molar-refractivity contribution < 1.29 is 9.53 Å². The number of pyridine rings is 1. The summed E-state index contributed by atoms with van der Waals surface area (Å²) in [6, 6.07) is 5.97. The predicted octanol–water partition coefficient (Wildman–Crippen LogP) is 1.02. The SMILES string of the molecule is CN(C)C(=O)COC[C@@H]1CN(Cc2ccccn2)Cc2ncn(C)c21. The molecule has 0 saturated heterocycles. The lowest BCUT2D eigenvalue weighted by atomic mass is 9.99. The average molecular weight is 343 g/mol. The minimum atomic E-state index is -0.0219. The molecule has 0 saturated carbocycles. The van der Waals surface area contributed by atoms with Gasteiger partial charge in [0, 0.05) is 58.6 Å².